The predicted octanol–water partition coefficient (Wildman–Crippen LogP) is 10.1. The van der Waals surface area contributed by atoms with E-state index in [0.29, 0.717) is 0 Å². The number of para-hydroxylation sites is 1. The second kappa shape index (κ2) is 10.7. The highest BCUT2D eigenvalue weighted by atomic mass is 15.0. The predicted molar refractivity (Wildman–Crippen MR) is 195 cm³/mol. The van der Waals surface area contributed by atoms with Gasteiger partial charge in [0, 0.05) is 46.3 Å². The van der Waals surface area contributed by atoms with Crippen molar-refractivity contribution in [2.75, 3.05) is 13.1 Å². The van der Waals surface area contributed by atoms with E-state index < -0.39 is 0 Å². The van der Waals surface area contributed by atoms with E-state index in [9.17, 15) is 0 Å². The Labute approximate surface area is 268 Å². The van der Waals surface area contributed by atoms with Crippen molar-refractivity contribution in [1.82, 2.24) is 15.2 Å². The molecular weight excluding hydrogens is 558 g/mol. The summed E-state index contributed by atoms with van der Waals surface area (Å²) >= 11 is 0. The number of hydrogen-bond donors (Lipinski definition) is 2. The molecule has 0 aliphatic carbocycles. The molecule has 0 amide bonds. The van der Waals surface area contributed by atoms with Crippen LogP contribution in [-0.2, 0) is 0 Å². The first kappa shape index (κ1) is 26.6. The van der Waals surface area contributed by atoms with Gasteiger partial charge in [0.1, 0.15) is 0 Å². The van der Waals surface area contributed by atoms with Crippen LogP contribution in [0.2, 0.25) is 0 Å². The maximum absolute atomic E-state index is 3.68. The second-order valence-corrected chi connectivity index (χ2v) is 12.4. The van der Waals surface area contributed by atoms with Crippen LogP contribution in [-0.4, -0.2) is 17.7 Å². The molecule has 7 aromatic rings. The monoisotopic (exact) mass is 591 g/mol. The largest absolute Gasteiger partial charge is 0.381 e. The first-order valence-electron chi connectivity index (χ1n) is 16.0. The van der Waals surface area contributed by atoms with E-state index in [1.807, 2.05) is 0 Å². The number of benzene rings is 6. The van der Waals surface area contributed by atoms with Gasteiger partial charge in [0.15, 0.2) is 0 Å². The topological polar surface area (TPSA) is 29.0 Å². The van der Waals surface area contributed by atoms with Crippen LogP contribution in [0, 0.1) is 0 Å². The van der Waals surface area contributed by atoms with Gasteiger partial charge in [0.25, 0.3) is 0 Å². The molecule has 0 saturated heterocycles. The first-order valence-corrected chi connectivity index (χ1v) is 16.0. The van der Waals surface area contributed by atoms with Gasteiger partial charge in [-0.25, -0.2) is 0 Å². The Morgan fingerprint density at radius 1 is 0.522 bits per heavy atom. The van der Waals surface area contributed by atoms with E-state index in [0.717, 1.165) is 18.8 Å². The third kappa shape index (κ3) is 4.35. The van der Waals surface area contributed by atoms with Crippen molar-refractivity contribution in [2.24, 2.45) is 0 Å². The highest BCUT2D eigenvalue weighted by Crippen LogP contribution is 2.40. The van der Waals surface area contributed by atoms with Crippen molar-refractivity contribution in [1.29, 1.82) is 0 Å². The molecule has 0 atom stereocenters. The average Bonchev–Trinajstić information content (AvgIpc) is 3.46. The number of rotatable bonds is 4. The van der Waals surface area contributed by atoms with E-state index >= 15 is 0 Å². The fraction of sp³-hybridized carbons (Fsp3) is 0.0698. The van der Waals surface area contributed by atoms with Crippen LogP contribution < -0.4 is 10.6 Å². The van der Waals surface area contributed by atoms with Crippen LogP contribution in [0.15, 0.2) is 162 Å². The van der Waals surface area contributed by atoms with Crippen LogP contribution >= 0.6 is 0 Å². The summed E-state index contributed by atoms with van der Waals surface area (Å²) in [4.78, 5) is 0. The van der Waals surface area contributed by atoms with Crippen molar-refractivity contribution in [3.63, 3.8) is 0 Å². The van der Waals surface area contributed by atoms with Gasteiger partial charge in [-0.2, -0.15) is 0 Å². The molecule has 2 aliphatic rings. The molecule has 0 fully saturated rings. The molecule has 3 heteroatoms. The van der Waals surface area contributed by atoms with E-state index in [2.05, 4.69) is 168 Å². The van der Waals surface area contributed by atoms with Gasteiger partial charge in [0.2, 0.25) is 0 Å². The van der Waals surface area contributed by atoms with Crippen molar-refractivity contribution in [3.8, 4) is 16.8 Å². The molecule has 3 nitrogen and oxygen atoms in total. The molecule has 3 heterocycles. The summed E-state index contributed by atoms with van der Waals surface area (Å²) in [6.07, 6.45) is 8.84. The van der Waals surface area contributed by atoms with Crippen molar-refractivity contribution in [3.05, 3.63) is 168 Å². The molecular formula is C43H33N3. The summed E-state index contributed by atoms with van der Waals surface area (Å²) in [6, 6.07) is 44.5. The lowest BCUT2D eigenvalue weighted by atomic mass is 9.97. The van der Waals surface area contributed by atoms with Gasteiger partial charge in [-0.3, -0.25) is 0 Å². The van der Waals surface area contributed by atoms with Gasteiger partial charge in [-0.15, -0.1) is 0 Å². The van der Waals surface area contributed by atoms with E-state index in [1.54, 1.807) is 0 Å². The third-order valence-electron chi connectivity index (χ3n) is 9.53. The minimum atomic E-state index is 0.801. The number of allylic oxidation sites excluding steroid dienone is 4. The van der Waals surface area contributed by atoms with Gasteiger partial charge in [-0.05, 0) is 81.8 Å². The molecule has 2 aliphatic heterocycles. The van der Waals surface area contributed by atoms with Crippen molar-refractivity contribution in [2.45, 2.75) is 6.92 Å². The molecule has 0 bridgehead atoms. The van der Waals surface area contributed by atoms with Crippen LogP contribution in [0.5, 0.6) is 0 Å². The minimum Gasteiger partial charge on any atom is -0.381 e. The van der Waals surface area contributed by atoms with Gasteiger partial charge in [-0.1, -0.05) is 115 Å². The molecule has 0 unspecified atom stereocenters. The molecule has 9 rings (SSSR count). The average molecular weight is 592 g/mol. The number of nitrogens with one attached hydrogen (secondary N) is 2. The smallest absolute Gasteiger partial charge is 0.0619 e. The fourth-order valence-electron chi connectivity index (χ4n) is 7.17. The highest BCUT2D eigenvalue weighted by Gasteiger charge is 2.18. The quantitative estimate of drug-likeness (QED) is 0.213. The lowest BCUT2D eigenvalue weighted by molar-refractivity contribution is 0.829. The van der Waals surface area contributed by atoms with Crippen LogP contribution in [0.4, 0.5) is 0 Å². The molecule has 6 aromatic carbocycles. The van der Waals surface area contributed by atoms with Gasteiger partial charge < -0.3 is 15.2 Å². The van der Waals surface area contributed by atoms with Crippen LogP contribution in [0.1, 0.15) is 12.5 Å². The summed E-state index contributed by atoms with van der Waals surface area (Å²) in [5.74, 6) is 0. The normalized spacial score (nSPS) is 14.9. The van der Waals surface area contributed by atoms with Gasteiger partial charge >= 0.3 is 0 Å². The molecule has 220 valence electrons. The second-order valence-electron chi connectivity index (χ2n) is 12.4. The zero-order valence-corrected chi connectivity index (χ0v) is 25.7. The highest BCUT2D eigenvalue weighted by molar-refractivity contribution is 6.19. The van der Waals surface area contributed by atoms with Crippen molar-refractivity contribution >= 4 is 49.0 Å². The number of hydrogen-bond acceptors (Lipinski definition) is 2. The standard InChI is InChI=1S/C43H33N3/c1-28-14-22-41(44-26-28)33-18-23-40(45-27-33)32-17-19-37-30(24-32)16-21-39-38-20-15-31(36-13-7-9-29-8-5-6-12-35(29)36)25-42(38)46(43(37)39)34-10-3-2-4-11-34/h2-25,44-45H,26-27H2,1H3. The zero-order chi connectivity index (χ0) is 30.6. The summed E-state index contributed by atoms with van der Waals surface area (Å²) in [5, 5.41) is 14.8. The van der Waals surface area contributed by atoms with Gasteiger partial charge in [0.05, 0.1) is 11.0 Å². The fourth-order valence-corrected chi connectivity index (χ4v) is 7.17. The number of fused-ring (bicyclic) bond motifs is 6. The van der Waals surface area contributed by atoms with E-state index in [-0.39, 0.29) is 0 Å². The summed E-state index contributed by atoms with van der Waals surface area (Å²) < 4.78 is 2.45. The van der Waals surface area contributed by atoms with Crippen LogP contribution in [0.3, 0.4) is 0 Å². The maximum Gasteiger partial charge on any atom is 0.0619 e. The maximum atomic E-state index is 3.68. The first-order chi connectivity index (χ1) is 22.7. The lowest BCUT2D eigenvalue weighted by Gasteiger charge is -2.22. The molecule has 1 aromatic heterocycles. The SMILES string of the molecule is CC1=CC=C(C2=CC=C(c3ccc4c(ccc5c6ccc(-c7cccc8ccccc78)cc6n(-c6ccccc6)c45)c3)NC2)NC1. The summed E-state index contributed by atoms with van der Waals surface area (Å²) in [6.45, 7) is 3.86. The Morgan fingerprint density at radius 3 is 2.13 bits per heavy atom. The minimum absolute atomic E-state index is 0.801. The van der Waals surface area contributed by atoms with Crippen molar-refractivity contribution < 1.29 is 0 Å². The molecule has 2 N–H and O–H groups in total. The Balaban J connectivity index is 1.21. The zero-order valence-electron chi connectivity index (χ0n) is 25.7. The number of nitrogens with zero attached hydrogens (tertiary/aromatic N) is 1. The third-order valence-corrected chi connectivity index (χ3v) is 9.53. The van der Waals surface area contributed by atoms with Crippen LogP contribution in [0.25, 0.3) is 65.9 Å². The van der Waals surface area contributed by atoms with E-state index in [4.69, 9.17) is 0 Å². The summed E-state index contributed by atoms with van der Waals surface area (Å²) in [7, 11) is 0. The number of dihydropyridines is 2. The Bertz CT molecular complexity index is 2460. The Kier molecular flexibility index (Phi) is 6.17. The Hall–Kier alpha value is -5.80. The molecule has 46 heavy (non-hydrogen) atoms. The molecule has 0 radical (unpaired) electrons. The molecule has 0 saturated carbocycles. The van der Waals surface area contributed by atoms with E-state index in [1.165, 1.54) is 82.6 Å². The molecule has 0 spiro atoms. The lowest BCUT2D eigenvalue weighted by Crippen LogP contribution is -2.26. The Morgan fingerprint density at radius 2 is 1.28 bits per heavy atom. The number of aromatic nitrogens is 1. The summed E-state index contributed by atoms with van der Waals surface area (Å²) in [5.41, 5.74) is 12.3.